The van der Waals surface area contributed by atoms with Crippen LogP contribution in [0.5, 0.6) is 0 Å². The highest BCUT2D eigenvalue weighted by Crippen LogP contribution is 2.15. The fourth-order valence-electron chi connectivity index (χ4n) is 1.99. The van der Waals surface area contributed by atoms with Crippen LogP contribution in [0.3, 0.4) is 0 Å². The van der Waals surface area contributed by atoms with Gasteiger partial charge >= 0.3 is 0 Å². The van der Waals surface area contributed by atoms with Gasteiger partial charge in [0.15, 0.2) is 6.23 Å². The second-order valence-corrected chi connectivity index (χ2v) is 5.60. The molecule has 0 bridgehead atoms. The van der Waals surface area contributed by atoms with E-state index < -0.39 is 0 Å². The van der Waals surface area contributed by atoms with Gasteiger partial charge in [0.05, 0.1) is 20.7 Å². The third kappa shape index (κ3) is 6.95. The average Bonchev–Trinajstić information content (AvgIpc) is 2.35. The zero-order valence-corrected chi connectivity index (χ0v) is 13.5. The van der Waals surface area contributed by atoms with Gasteiger partial charge < -0.3 is 17.1 Å². The van der Waals surface area contributed by atoms with Gasteiger partial charge in [-0.3, -0.25) is 4.48 Å². The van der Waals surface area contributed by atoms with Gasteiger partial charge in [0, 0.05) is 12.5 Å². The van der Waals surface area contributed by atoms with Gasteiger partial charge in [0.1, 0.15) is 6.54 Å². The first-order valence-electron chi connectivity index (χ1n) is 7.04. The third-order valence-corrected chi connectivity index (χ3v) is 3.52. The zero-order valence-electron chi connectivity index (χ0n) is 12.7. The summed E-state index contributed by atoms with van der Waals surface area (Å²) in [6.45, 7) is 6.29. The van der Waals surface area contributed by atoms with E-state index in [1.54, 1.807) is 0 Å². The number of ether oxygens (including phenoxy) is 1. The predicted octanol–water partition coefficient (Wildman–Crippen LogP) is 0.820. The predicted molar refractivity (Wildman–Crippen MR) is 77.2 cm³/mol. The zero-order chi connectivity index (χ0) is 13.4. The lowest BCUT2D eigenvalue weighted by Crippen LogP contribution is -3.00. The molecule has 0 aliphatic rings. The molecular formula is C16H28ClNO. The molecule has 2 nitrogen and oxygen atoms in total. The summed E-state index contributed by atoms with van der Waals surface area (Å²) >= 11 is 0. The lowest BCUT2D eigenvalue weighted by Gasteiger charge is -2.35. The molecule has 0 spiro atoms. The summed E-state index contributed by atoms with van der Waals surface area (Å²) in [5, 5.41) is 0. The van der Waals surface area contributed by atoms with E-state index in [2.05, 4.69) is 58.3 Å². The van der Waals surface area contributed by atoms with Crippen LogP contribution in [-0.2, 0) is 11.3 Å². The number of quaternary nitrogens is 1. The van der Waals surface area contributed by atoms with E-state index in [1.807, 2.05) is 0 Å². The van der Waals surface area contributed by atoms with Crippen molar-refractivity contribution >= 4 is 0 Å². The first-order valence-corrected chi connectivity index (χ1v) is 7.04. The minimum absolute atomic E-state index is 0. The van der Waals surface area contributed by atoms with Crippen molar-refractivity contribution in [3.8, 4) is 0 Å². The van der Waals surface area contributed by atoms with Crippen LogP contribution in [0, 0.1) is 0 Å². The Balaban J connectivity index is 0.00000324. The van der Waals surface area contributed by atoms with E-state index in [0.717, 1.165) is 17.6 Å². The average molecular weight is 286 g/mol. The molecule has 1 aromatic carbocycles. The van der Waals surface area contributed by atoms with Gasteiger partial charge in [-0.2, -0.15) is 0 Å². The molecule has 110 valence electrons. The van der Waals surface area contributed by atoms with Crippen molar-refractivity contribution in [2.24, 2.45) is 0 Å². The van der Waals surface area contributed by atoms with E-state index in [-0.39, 0.29) is 18.6 Å². The second kappa shape index (κ2) is 9.35. The summed E-state index contributed by atoms with van der Waals surface area (Å²) in [5.74, 6) is 0. The van der Waals surface area contributed by atoms with E-state index in [1.165, 1.54) is 24.8 Å². The Bertz CT molecular complexity index is 327. The van der Waals surface area contributed by atoms with Crippen LogP contribution >= 0.6 is 0 Å². The highest BCUT2D eigenvalue weighted by molar-refractivity contribution is 5.13. The number of hydrogen-bond acceptors (Lipinski definition) is 1. The van der Waals surface area contributed by atoms with Crippen molar-refractivity contribution in [2.45, 2.75) is 45.9 Å². The Morgan fingerprint density at radius 2 is 1.74 bits per heavy atom. The Kier molecular flexibility index (Phi) is 9.07. The van der Waals surface area contributed by atoms with Crippen molar-refractivity contribution in [3.63, 3.8) is 0 Å². The molecule has 1 aromatic rings. The fourth-order valence-corrected chi connectivity index (χ4v) is 1.99. The standard InChI is InChI=1S/C16H28NO.ClH/c1-5-6-10-13-18-15(2)17(3,4)14-16-11-8-7-9-12-16;/h7-9,11-12,15H,5-6,10,13-14H2,1-4H3;1H/q+1;/p-1. The maximum atomic E-state index is 5.95. The van der Waals surface area contributed by atoms with Crippen molar-refractivity contribution in [2.75, 3.05) is 20.7 Å². The first-order chi connectivity index (χ1) is 8.56. The topological polar surface area (TPSA) is 9.23 Å². The van der Waals surface area contributed by atoms with Gasteiger partial charge in [-0.05, 0) is 6.42 Å². The van der Waals surface area contributed by atoms with E-state index >= 15 is 0 Å². The van der Waals surface area contributed by atoms with Crippen LogP contribution in [0.1, 0.15) is 38.7 Å². The minimum Gasteiger partial charge on any atom is -1.00 e. The van der Waals surface area contributed by atoms with Crippen LogP contribution in [0.15, 0.2) is 30.3 Å². The van der Waals surface area contributed by atoms with Crippen LogP contribution in [-0.4, -0.2) is 31.4 Å². The Morgan fingerprint density at radius 3 is 2.32 bits per heavy atom. The van der Waals surface area contributed by atoms with Gasteiger partial charge in [0.25, 0.3) is 0 Å². The molecule has 0 aliphatic heterocycles. The van der Waals surface area contributed by atoms with E-state index in [4.69, 9.17) is 4.74 Å². The summed E-state index contributed by atoms with van der Waals surface area (Å²) < 4.78 is 6.82. The molecular weight excluding hydrogens is 258 g/mol. The summed E-state index contributed by atoms with van der Waals surface area (Å²) in [6, 6.07) is 10.6. The van der Waals surface area contributed by atoms with Gasteiger partial charge in [0.2, 0.25) is 0 Å². The highest BCUT2D eigenvalue weighted by Gasteiger charge is 2.24. The van der Waals surface area contributed by atoms with Gasteiger partial charge in [-0.1, -0.05) is 50.1 Å². The van der Waals surface area contributed by atoms with Crippen molar-refractivity contribution in [1.29, 1.82) is 0 Å². The number of rotatable bonds is 8. The molecule has 0 aliphatic carbocycles. The largest absolute Gasteiger partial charge is 1.00 e. The molecule has 1 atom stereocenters. The summed E-state index contributed by atoms with van der Waals surface area (Å²) in [5.41, 5.74) is 1.37. The summed E-state index contributed by atoms with van der Waals surface area (Å²) in [7, 11) is 4.47. The Labute approximate surface area is 124 Å². The molecule has 0 fully saturated rings. The van der Waals surface area contributed by atoms with Crippen LogP contribution in [0.25, 0.3) is 0 Å². The fraction of sp³-hybridized carbons (Fsp3) is 0.625. The summed E-state index contributed by atoms with van der Waals surface area (Å²) in [4.78, 5) is 0. The Morgan fingerprint density at radius 1 is 1.11 bits per heavy atom. The lowest BCUT2D eigenvalue weighted by atomic mass is 10.2. The van der Waals surface area contributed by atoms with Gasteiger partial charge in [-0.25, -0.2) is 0 Å². The molecule has 0 saturated carbocycles. The number of hydrogen-bond donors (Lipinski definition) is 0. The molecule has 0 radical (unpaired) electrons. The van der Waals surface area contributed by atoms with Crippen LogP contribution in [0.4, 0.5) is 0 Å². The minimum atomic E-state index is 0. The molecule has 1 rings (SSSR count). The van der Waals surface area contributed by atoms with Crippen LogP contribution < -0.4 is 12.4 Å². The molecule has 19 heavy (non-hydrogen) atoms. The molecule has 0 saturated heterocycles. The van der Waals surface area contributed by atoms with Gasteiger partial charge in [-0.15, -0.1) is 0 Å². The number of unbranched alkanes of at least 4 members (excludes halogenated alkanes) is 2. The molecule has 0 amide bonds. The maximum absolute atomic E-state index is 5.95. The molecule has 1 unspecified atom stereocenters. The SMILES string of the molecule is CCCCCOC(C)[N+](C)(C)Cc1ccccc1.[Cl-]. The molecule has 0 aromatic heterocycles. The molecule has 3 heteroatoms. The second-order valence-electron chi connectivity index (χ2n) is 5.60. The number of benzene rings is 1. The summed E-state index contributed by atoms with van der Waals surface area (Å²) in [6.07, 6.45) is 3.92. The highest BCUT2D eigenvalue weighted by atomic mass is 35.5. The number of nitrogens with zero attached hydrogens (tertiary/aromatic N) is 1. The van der Waals surface area contributed by atoms with Crippen molar-refractivity contribution in [3.05, 3.63) is 35.9 Å². The monoisotopic (exact) mass is 285 g/mol. The maximum Gasteiger partial charge on any atom is 0.190 e. The van der Waals surface area contributed by atoms with Crippen molar-refractivity contribution < 1.29 is 21.6 Å². The first kappa shape index (κ1) is 18.4. The normalized spacial score (nSPS) is 12.8. The lowest BCUT2D eigenvalue weighted by molar-refractivity contribution is -0.947. The quantitative estimate of drug-likeness (QED) is 0.390. The smallest absolute Gasteiger partial charge is 0.190 e. The van der Waals surface area contributed by atoms with E-state index in [9.17, 15) is 0 Å². The molecule has 0 heterocycles. The number of halogens is 1. The third-order valence-electron chi connectivity index (χ3n) is 3.52. The Hall–Kier alpha value is -0.570. The van der Waals surface area contributed by atoms with Crippen LogP contribution in [0.2, 0.25) is 0 Å². The molecule has 0 N–H and O–H groups in total. The van der Waals surface area contributed by atoms with Crippen molar-refractivity contribution in [1.82, 2.24) is 0 Å². The van der Waals surface area contributed by atoms with E-state index in [0.29, 0.717) is 0 Å².